The summed E-state index contributed by atoms with van der Waals surface area (Å²) in [4.78, 5) is 29.3. The van der Waals surface area contributed by atoms with E-state index in [-0.39, 0.29) is 10.8 Å². The minimum atomic E-state index is -3.66. The number of methoxy groups -OCH3 is 1. The number of carbonyl (C=O) groups excluding carboxylic acids is 2. The zero-order valence-corrected chi connectivity index (χ0v) is 19.7. The van der Waals surface area contributed by atoms with E-state index >= 15 is 0 Å². The van der Waals surface area contributed by atoms with Gasteiger partial charge in [0.05, 0.1) is 12.0 Å². The van der Waals surface area contributed by atoms with Crippen molar-refractivity contribution in [1.29, 1.82) is 0 Å². The van der Waals surface area contributed by atoms with Gasteiger partial charge in [-0.1, -0.05) is 35.9 Å². The molecule has 172 valence electrons. The first-order valence-electron chi connectivity index (χ1n) is 10.1. The highest BCUT2D eigenvalue weighted by atomic mass is 35.5. The van der Waals surface area contributed by atoms with Crippen molar-refractivity contribution in [3.63, 3.8) is 0 Å². The number of amides is 1. The zero-order valence-electron chi connectivity index (χ0n) is 18.2. The molecule has 1 unspecified atom stereocenters. The van der Waals surface area contributed by atoms with Gasteiger partial charge < -0.3 is 9.64 Å². The summed E-state index contributed by atoms with van der Waals surface area (Å²) < 4.78 is 31.5. The summed E-state index contributed by atoms with van der Waals surface area (Å²) in [5, 5.41) is 0.472. The van der Waals surface area contributed by atoms with E-state index in [1.807, 2.05) is 11.0 Å². The van der Waals surface area contributed by atoms with E-state index in [0.717, 1.165) is 0 Å². The van der Waals surface area contributed by atoms with Crippen LogP contribution in [-0.2, 0) is 19.6 Å². The highest BCUT2D eigenvalue weighted by Gasteiger charge is 2.34. The van der Waals surface area contributed by atoms with Crippen LogP contribution >= 0.6 is 11.6 Å². The van der Waals surface area contributed by atoms with Crippen LogP contribution in [0.5, 0.6) is 0 Å². The zero-order chi connectivity index (χ0) is 23.5. The van der Waals surface area contributed by atoms with E-state index in [1.165, 1.54) is 26.3 Å². The van der Waals surface area contributed by atoms with E-state index in [4.69, 9.17) is 16.3 Å². The number of hydrogen-bond acceptors (Lipinski definition) is 6. The largest absolute Gasteiger partial charge is 0.468 e. The van der Waals surface area contributed by atoms with Gasteiger partial charge in [-0.05, 0) is 43.3 Å². The molecule has 1 aliphatic heterocycles. The van der Waals surface area contributed by atoms with E-state index in [0.29, 0.717) is 47.9 Å². The molecule has 0 radical (unpaired) electrons. The molecule has 3 rings (SSSR count). The Labute approximate surface area is 193 Å². The monoisotopic (exact) mass is 479 g/mol. The molecule has 1 N–H and O–H groups in total. The lowest BCUT2D eigenvalue weighted by molar-refractivity contribution is -0.148. The molecule has 0 aliphatic carbocycles. The Morgan fingerprint density at radius 1 is 1.09 bits per heavy atom. The van der Waals surface area contributed by atoms with Crippen molar-refractivity contribution in [2.75, 3.05) is 40.3 Å². The summed E-state index contributed by atoms with van der Waals surface area (Å²) in [5.41, 5.74) is 1.68. The topological polar surface area (TPSA) is 96.0 Å². The Kier molecular flexibility index (Phi) is 7.55. The van der Waals surface area contributed by atoms with Gasteiger partial charge in [0.25, 0.3) is 5.91 Å². The molecule has 0 saturated carbocycles. The minimum Gasteiger partial charge on any atom is -0.468 e. The van der Waals surface area contributed by atoms with Crippen molar-refractivity contribution in [3.8, 4) is 0 Å². The van der Waals surface area contributed by atoms with Crippen molar-refractivity contribution in [2.24, 2.45) is 0 Å². The van der Waals surface area contributed by atoms with Crippen LogP contribution in [0.2, 0.25) is 5.02 Å². The lowest BCUT2D eigenvalue weighted by Crippen LogP contribution is -2.51. The van der Waals surface area contributed by atoms with Gasteiger partial charge >= 0.3 is 5.97 Å². The van der Waals surface area contributed by atoms with E-state index in [1.54, 1.807) is 36.1 Å². The van der Waals surface area contributed by atoms with Gasteiger partial charge in [-0.15, -0.1) is 0 Å². The Morgan fingerprint density at radius 3 is 2.34 bits per heavy atom. The molecule has 1 aliphatic rings. The standard InChI is InChI=1S/C22H26ClN3O5S/c1-15-8-9-16(32(29,30)24-2)14-18(15)21(27)26-12-10-25(11-13-26)20(22(28)31-3)17-6-4-5-7-19(17)23/h4-9,14,20,24H,10-13H2,1-3H3. The first-order valence-corrected chi connectivity index (χ1v) is 12.0. The average Bonchev–Trinajstić information content (AvgIpc) is 2.80. The molecule has 10 heteroatoms. The number of ether oxygens (including phenoxy) is 1. The normalized spacial score (nSPS) is 15.9. The van der Waals surface area contributed by atoms with E-state index < -0.39 is 22.0 Å². The van der Waals surface area contributed by atoms with E-state index in [2.05, 4.69) is 4.72 Å². The molecule has 1 fully saturated rings. The van der Waals surface area contributed by atoms with Crippen LogP contribution in [0.3, 0.4) is 0 Å². The van der Waals surface area contributed by atoms with Crippen LogP contribution in [0.15, 0.2) is 47.4 Å². The SMILES string of the molecule is CNS(=O)(=O)c1ccc(C)c(C(=O)N2CCN(C(C(=O)OC)c3ccccc3Cl)CC2)c1. The number of nitrogens with one attached hydrogen (secondary N) is 1. The second-order valence-corrected chi connectivity index (χ2v) is 9.75. The molecular formula is C22H26ClN3O5S. The molecule has 32 heavy (non-hydrogen) atoms. The number of rotatable bonds is 6. The molecular weight excluding hydrogens is 454 g/mol. The summed E-state index contributed by atoms with van der Waals surface area (Å²) in [5.74, 6) is -0.665. The molecule has 2 aromatic carbocycles. The Bertz CT molecular complexity index is 1110. The summed E-state index contributed by atoms with van der Waals surface area (Å²) in [6, 6.07) is 10.9. The molecule has 1 amide bonds. The fourth-order valence-electron chi connectivity index (χ4n) is 3.75. The maximum atomic E-state index is 13.2. The van der Waals surface area contributed by atoms with Crippen LogP contribution < -0.4 is 4.72 Å². The molecule has 1 saturated heterocycles. The Morgan fingerprint density at radius 2 is 1.75 bits per heavy atom. The minimum absolute atomic E-state index is 0.0389. The fourth-order valence-corrected chi connectivity index (χ4v) is 4.75. The summed E-state index contributed by atoms with van der Waals surface area (Å²) in [6.07, 6.45) is 0. The second kappa shape index (κ2) is 9.99. The average molecular weight is 480 g/mol. The first-order chi connectivity index (χ1) is 15.2. The number of sulfonamides is 1. The van der Waals surface area contributed by atoms with Crippen molar-refractivity contribution in [1.82, 2.24) is 14.5 Å². The number of piperazine rings is 1. The number of benzene rings is 2. The van der Waals surface area contributed by atoms with Crippen LogP contribution in [0.1, 0.15) is 27.5 Å². The number of esters is 1. The summed E-state index contributed by atoms with van der Waals surface area (Å²) >= 11 is 6.33. The molecule has 0 aromatic heterocycles. The third-order valence-electron chi connectivity index (χ3n) is 5.61. The predicted molar refractivity (Wildman–Crippen MR) is 121 cm³/mol. The lowest BCUT2D eigenvalue weighted by Gasteiger charge is -2.38. The van der Waals surface area contributed by atoms with Crippen LogP contribution in [0.25, 0.3) is 0 Å². The molecule has 0 bridgehead atoms. The van der Waals surface area contributed by atoms with Crippen molar-refractivity contribution in [2.45, 2.75) is 17.9 Å². The molecule has 8 nitrogen and oxygen atoms in total. The molecule has 1 heterocycles. The van der Waals surface area contributed by atoms with Gasteiger partial charge in [-0.3, -0.25) is 9.69 Å². The number of aryl methyl sites for hydroxylation is 1. The van der Waals surface area contributed by atoms with Crippen LogP contribution in [-0.4, -0.2) is 70.4 Å². The number of hydrogen-bond donors (Lipinski definition) is 1. The number of carbonyl (C=O) groups is 2. The fraction of sp³-hybridized carbons (Fsp3) is 0.364. The van der Waals surface area contributed by atoms with Gasteiger partial charge in [-0.2, -0.15) is 0 Å². The predicted octanol–water partition coefficient (Wildman–Crippen LogP) is 2.23. The second-order valence-electron chi connectivity index (χ2n) is 7.46. The number of nitrogens with zero attached hydrogens (tertiary/aromatic N) is 2. The third kappa shape index (κ3) is 4.96. The molecule has 0 spiro atoms. The van der Waals surface area contributed by atoms with Crippen molar-refractivity contribution >= 4 is 33.5 Å². The molecule has 2 aromatic rings. The van der Waals surface area contributed by atoms with Crippen molar-refractivity contribution < 1.29 is 22.7 Å². The van der Waals surface area contributed by atoms with Gasteiger partial charge in [0.2, 0.25) is 10.0 Å². The highest BCUT2D eigenvalue weighted by Crippen LogP contribution is 2.30. The Balaban J connectivity index is 1.79. The van der Waals surface area contributed by atoms with E-state index in [9.17, 15) is 18.0 Å². The lowest BCUT2D eigenvalue weighted by atomic mass is 10.0. The van der Waals surface area contributed by atoms with Gasteiger partial charge in [0, 0.05) is 36.8 Å². The first kappa shape index (κ1) is 24.2. The van der Waals surface area contributed by atoms with Gasteiger partial charge in [-0.25, -0.2) is 17.9 Å². The third-order valence-corrected chi connectivity index (χ3v) is 7.37. The van der Waals surface area contributed by atoms with Crippen LogP contribution in [0.4, 0.5) is 0 Å². The quantitative estimate of drug-likeness (QED) is 0.638. The van der Waals surface area contributed by atoms with Gasteiger partial charge in [0.1, 0.15) is 6.04 Å². The summed E-state index contributed by atoms with van der Waals surface area (Å²) in [7, 11) is -1.00. The van der Waals surface area contributed by atoms with Crippen molar-refractivity contribution in [3.05, 3.63) is 64.2 Å². The maximum absolute atomic E-state index is 13.2. The smallest absolute Gasteiger partial charge is 0.327 e. The number of halogens is 1. The Hall–Kier alpha value is -2.46. The van der Waals surface area contributed by atoms with Crippen LogP contribution in [0, 0.1) is 6.92 Å². The summed E-state index contributed by atoms with van der Waals surface area (Å²) in [6.45, 7) is 3.39. The maximum Gasteiger partial charge on any atom is 0.327 e. The highest BCUT2D eigenvalue weighted by molar-refractivity contribution is 7.89. The van der Waals surface area contributed by atoms with Gasteiger partial charge in [0.15, 0.2) is 0 Å². The molecule has 1 atom stereocenters.